The molecule has 0 heterocycles. The fraction of sp³-hybridized carbons (Fsp3) is 0.364. The van der Waals surface area contributed by atoms with E-state index < -0.39 is 21.8 Å². The predicted molar refractivity (Wildman–Crippen MR) is 70.7 cm³/mol. The van der Waals surface area contributed by atoms with Crippen LogP contribution in [0, 0.1) is 0 Å². The molecule has 1 rings (SSSR count). The summed E-state index contributed by atoms with van der Waals surface area (Å²) in [7, 11) is -3.55. The smallest absolute Gasteiger partial charge is 0.242 e. The van der Waals surface area contributed by atoms with Crippen LogP contribution >= 0.6 is 11.6 Å². The van der Waals surface area contributed by atoms with E-state index >= 15 is 0 Å². The van der Waals surface area contributed by atoms with Gasteiger partial charge in [0, 0.05) is 0 Å². The van der Waals surface area contributed by atoms with E-state index in [2.05, 4.69) is 0 Å². The normalized spacial score (nSPS) is 11.1. The zero-order valence-corrected chi connectivity index (χ0v) is 11.7. The molecule has 0 N–H and O–H groups in total. The molecule has 0 aliphatic rings. The van der Waals surface area contributed by atoms with Crippen molar-refractivity contribution in [2.45, 2.75) is 6.92 Å². The molecule has 0 aliphatic heterocycles. The first-order chi connectivity index (χ1) is 8.34. The Morgan fingerprint density at radius 1 is 1.33 bits per heavy atom. The van der Waals surface area contributed by atoms with Gasteiger partial charge in [0.05, 0.1) is 18.6 Å². The summed E-state index contributed by atoms with van der Waals surface area (Å²) in [6.45, 7) is 1.98. The molecule has 0 bridgehead atoms. The van der Waals surface area contributed by atoms with Crippen LogP contribution in [0.4, 0.5) is 5.69 Å². The van der Waals surface area contributed by atoms with Gasteiger partial charge in [-0.2, -0.15) is 0 Å². The molecular weight excluding hydrogens is 278 g/mol. The minimum Gasteiger partial charge on any atom is -0.494 e. The second-order valence-corrected chi connectivity index (χ2v) is 5.88. The molecule has 0 spiro atoms. The van der Waals surface area contributed by atoms with E-state index in [4.69, 9.17) is 16.3 Å². The minimum absolute atomic E-state index is 0.370. The second kappa shape index (κ2) is 6.06. The van der Waals surface area contributed by atoms with Crippen LogP contribution in [0.25, 0.3) is 0 Å². The summed E-state index contributed by atoms with van der Waals surface area (Å²) in [5.74, 6) is 0.631. The van der Waals surface area contributed by atoms with Gasteiger partial charge in [-0.05, 0) is 42.8 Å². The van der Waals surface area contributed by atoms with Crippen LogP contribution in [0.5, 0.6) is 5.75 Å². The fourth-order valence-corrected chi connectivity index (χ4v) is 2.44. The average molecular weight is 292 g/mol. The van der Waals surface area contributed by atoms with E-state index in [0.717, 1.165) is 10.6 Å². The lowest BCUT2D eigenvalue weighted by Gasteiger charge is -2.20. The maximum Gasteiger partial charge on any atom is 0.242 e. The Hall–Kier alpha value is -1.27. The summed E-state index contributed by atoms with van der Waals surface area (Å²) in [5.41, 5.74) is 0.370. The number of sulfonamides is 1. The number of hydrogen-bond donors (Lipinski definition) is 0. The summed E-state index contributed by atoms with van der Waals surface area (Å²) >= 11 is 5.24. The van der Waals surface area contributed by atoms with Gasteiger partial charge in [0.1, 0.15) is 12.3 Å². The Labute approximate surface area is 111 Å². The number of halogens is 1. The Bertz CT molecular complexity index is 512. The van der Waals surface area contributed by atoms with Crippen molar-refractivity contribution in [1.29, 1.82) is 0 Å². The highest BCUT2D eigenvalue weighted by Crippen LogP contribution is 2.21. The van der Waals surface area contributed by atoms with Crippen LogP contribution in [-0.2, 0) is 14.8 Å². The summed E-state index contributed by atoms with van der Waals surface area (Å²) in [5, 5.41) is -0.741. The quantitative estimate of drug-likeness (QED) is 0.747. The van der Waals surface area contributed by atoms with Crippen molar-refractivity contribution in [2.24, 2.45) is 0 Å². The number of nitrogens with zero attached hydrogens (tertiary/aromatic N) is 1. The first-order valence-electron chi connectivity index (χ1n) is 5.23. The van der Waals surface area contributed by atoms with E-state index in [9.17, 15) is 13.2 Å². The molecule has 0 amide bonds. The zero-order chi connectivity index (χ0) is 13.8. The molecule has 0 aromatic heterocycles. The molecular formula is C11H14ClNO4S. The van der Waals surface area contributed by atoms with Gasteiger partial charge >= 0.3 is 0 Å². The Balaban J connectivity index is 3.02. The van der Waals surface area contributed by atoms with Gasteiger partial charge in [-0.3, -0.25) is 9.10 Å². The summed E-state index contributed by atoms with van der Waals surface area (Å²) < 4.78 is 29.3. The van der Waals surface area contributed by atoms with Crippen LogP contribution in [0.15, 0.2) is 24.3 Å². The summed E-state index contributed by atoms with van der Waals surface area (Å²) in [4.78, 5) is 10.9. The number of benzene rings is 1. The number of carbonyl (C=O) groups is 1. The maximum atomic E-state index is 11.6. The monoisotopic (exact) mass is 291 g/mol. The van der Waals surface area contributed by atoms with Crippen molar-refractivity contribution < 1.29 is 17.9 Å². The van der Waals surface area contributed by atoms with Crippen molar-refractivity contribution in [1.82, 2.24) is 0 Å². The van der Waals surface area contributed by atoms with Crippen molar-refractivity contribution >= 4 is 32.6 Å². The predicted octanol–water partition coefficient (Wildman–Crippen LogP) is 1.62. The number of hydrogen-bond acceptors (Lipinski definition) is 4. The van der Waals surface area contributed by atoms with E-state index in [0.29, 0.717) is 18.0 Å². The highest BCUT2D eigenvalue weighted by atomic mass is 35.5. The SMILES string of the molecule is CCOc1ccc(N(CC(=O)Cl)S(C)(=O)=O)cc1. The lowest BCUT2D eigenvalue weighted by Crippen LogP contribution is -2.33. The standard InChI is InChI=1S/C11H14ClNO4S/c1-3-17-10-6-4-9(5-7-10)13(8-11(12)14)18(2,15)16/h4-7H,3,8H2,1-2H3. The highest BCUT2D eigenvalue weighted by Gasteiger charge is 2.19. The number of ether oxygens (including phenoxy) is 1. The molecule has 18 heavy (non-hydrogen) atoms. The maximum absolute atomic E-state index is 11.6. The largest absolute Gasteiger partial charge is 0.494 e. The fourth-order valence-electron chi connectivity index (χ4n) is 1.39. The van der Waals surface area contributed by atoms with Crippen molar-refractivity contribution in [3.8, 4) is 5.75 Å². The van der Waals surface area contributed by atoms with E-state index in [1.807, 2.05) is 6.92 Å². The Morgan fingerprint density at radius 3 is 2.28 bits per heavy atom. The van der Waals surface area contributed by atoms with E-state index in [1.165, 1.54) is 0 Å². The van der Waals surface area contributed by atoms with Crippen LogP contribution < -0.4 is 9.04 Å². The third kappa shape index (κ3) is 4.19. The molecule has 0 fully saturated rings. The Kier molecular flexibility index (Phi) is 4.98. The molecule has 1 aromatic rings. The van der Waals surface area contributed by atoms with Gasteiger partial charge in [-0.1, -0.05) is 0 Å². The molecule has 0 unspecified atom stereocenters. The molecule has 1 aromatic carbocycles. The number of anilines is 1. The van der Waals surface area contributed by atoms with E-state index in [-0.39, 0.29) is 0 Å². The van der Waals surface area contributed by atoms with Gasteiger partial charge in [0.2, 0.25) is 15.3 Å². The van der Waals surface area contributed by atoms with Crippen molar-refractivity contribution in [3.05, 3.63) is 24.3 Å². The minimum atomic E-state index is -3.55. The van der Waals surface area contributed by atoms with Crippen molar-refractivity contribution in [2.75, 3.05) is 23.7 Å². The highest BCUT2D eigenvalue weighted by molar-refractivity contribution is 7.92. The topological polar surface area (TPSA) is 63.7 Å². The zero-order valence-electron chi connectivity index (χ0n) is 10.1. The molecule has 0 saturated heterocycles. The molecule has 100 valence electrons. The van der Waals surface area contributed by atoms with Gasteiger partial charge in [0.25, 0.3) is 0 Å². The summed E-state index contributed by atoms with van der Waals surface area (Å²) in [6, 6.07) is 6.39. The van der Waals surface area contributed by atoms with Crippen LogP contribution in [0.3, 0.4) is 0 Å². The van der Waals surface area contributed by atoms with Gasteiger partial charge in [0.15, 0.2) is 0 Å². The molecule has 5 nitrogen and oxygen atoms in total. The van der Waals surface area contributed by atoms with Gasteiger partial charge in [-0.25, -0.2) is 8.42 Å². The lowest BCUT2D eigenvalue weighted by atomic mass is 10.3. The number of rotatable bonds is 6. The van der Waals surface area contributed by atoms with Crippen molar-refractivity contribution in [3.63, 3.8) is 0 Å². The van der Waals surface area contributed by atoms with Crippen LogP contribution in [-0.4, -0.2) is 33.1 Å². The first kappa shape index (κ1) is 14.8. The molecule has 0 atom stereocenters. The van der Waals surface area contributed by atoms with Gasteiger partial charge < -0.3 is 4.74 Å². The average Bonchev–Trinajstić information content (AvgIpc) is 2.26. The molecule has 0 saturated carbocycles. The third-order valence-corrected chi connectivity index (χ3v) is 3.36. The first-order valence-corrected chi connectivity index (χ1v) is 7.46. The molecule has 0 aliphatic carbocycles. The molecule has 0 radical (unpaired) electrons. The summed E-state index contributed by atoms with van der Waals surface area (Å²) in [6.07, 6.45) is 1.02. The van der Waals surface area contributed by atoms with Gasteiger partial charge in [-0.15, -0.1) is 0 Å². The Morgan fingerprint density at radius 2 is 1.89 bits per heavy atom. The molecule has 7 heteroatoms. The third-order valence-electron chi connectivity index (χ3n) is 2.10. The lowest BCUT2D eigenvalue weighted by molar-refractivity contribution is -0.110. The van der Waals surface area contributed by atoms with Crippen LogP contribution in [0.2, 0.25) is 0 Å². The second-order valence-electron chi connectivity index (χ2n) is 3.55. The van der Waals surface area contributed by atoms with E-state index in [1.54, 1.807) is 24.3 Å². The van der Waals surface area contributed by atoms with Crippen LogP contribution in [0.1, 0.15) is 6.92 Å². The number of carbonyl (C=O) groups excluding carboxylic acids is 1.